The number of pyridine rings is 1. The molecule has 2 N–H and O–H groups in total. The summed E-state index contributed by atoms with van der Waals surface area (Å²) in [7, 11) is 0. The molecule has 64 valence electrons. The second-order valence-corrected chi connectivity index (χ2v) is 3.42. The van der Waals surface area contributed by atoms with Crippen molar-refractivity contribution in [3.63, 3.8) is 0 Å². The van der Waals surface area contributed by atoms with Crippen LogP contribution in [0.5, 0.6) is 0 Å². The van der Waals surface area contributed by atoms with Gasteiger partial charge in [-0.3, -0.25) is 4.40 Å². The summed E-state index contributed by atoms with van der Waals surface area (Å²) in [5.74, 6) is 0. The number of nitriles is 1. The van der Waals surface area contributed by atoms with Crippen molar-refractivity contribution in [1.82, 2.24) is 9.38 Å². The van der Waals surface area contributed by atoms with E-state index in [4.69, 9.17) is 11.0 Å². The van der Waals surface area contributed by atoms with E-state index in [1.165, 1.54) is 6.20 Å². The van der Waals surface area contributed by atoms with Crippen molar-refractivity contribution in [3.8, 4) is 6.07 Å². The van der Waals surface area contributed by atoms with Gasteiger partial charge < -0.3 is 5.73 Å². The first-order valence-corrected chi connectivity index (χ1v) is 4.34. The Morgan fingerprint density at radius 2 is 2.38 bits per heavy atom. The smallest absolute Gasteiger partial charge is 0.152 e. The third kappa shape index (κ3) is 1.15. The second kappa shape index (κ2) is 2.75. The highest BCUT2D eigenvalue weighted by molar-refractivity contribution is 9.10. The van der Waals surface area contributed by atoms with Gasteiger partial charge in [0, 0.05) is 11.9 Å². The Morgan fingerprint density at radius 1 is 1.62 bits per heavy atom. The molecule has 0 atom stereocenters. The van der Waals surface area contributed by atoms with Crippen LogP contribution in [-0.2, 0) is 0 Å². The predicted molar refractivity (Wildman–Crippen MR) is 52.0 cm³/mol. The van der Waals surface area contributed by atoms with Gasteiger partial charge in [-0.2, -0.15) is 5.26 Å². The summed E-state index contributed by atoms with van der Waals surface area (Å²) in [6.07, 6.45) is 3.19. The van der Waals surface area contributed by atoms with Gasteiger partial charge in [0.1, 0.15) is 11.8 Å². The van der Waals surface area contributed by atoms with Crippen LogP contribution in [0.2, 0.25) is 0 Å². The molecule has 0 bridgehead atoms. The summed E-state index contributed by atoms with van der Waals surface area (Å²) >= 11 is 3.32. The third-order valence-corrected chi connectivity index (χ3v) is 2.28. The molecule has 4 nitrogen and oxygen atoms in total. The molecule has 0 aliphatic carbocycles. The molecule has 5 heteroatoms. The average molecular weight is 237 g/mol. The Labute approximate surface area is 82.7 Å². The van der Waals surface area contributed by atoms with Gasteiger partial charge in [0.05, 0.1) is 10.7 Å². The van der Waals surface area contributed by atoms with Crippen molar-refractivity contribution in [3.05, 3.63) is 28.6 Å². The number of halogens is 1. The van der Waals surface area contributed by atoms with E-state index < -0.39 is 0 Å². The standard InChI is InChI=1S/C8H5BrN4/c9-7-1-5(11)4-13-6(2-10)3-12-8(7)13/h1,3-4H,11H2. The number of nitrogen functional groups attached to an aromatic ring is 1. The molecule has 2 heterocycles. The molecule has 0 aliphatic rings. The third-order valence-electron chi connectivity index (χ3n) is 1.70. The van der Waals surface area contributed by atoms with Crippen molar-refractivity contribution in [2.45, 2.75) is 0 Å². The van der Waals surface area contributed by atoms with E-state index in [0.717, 1.165) is 4.47 Å². The van der Waals surface area contributed by atoms with E-state index in [9.17, 15) is 0 Å². The minimum Gasteiger partial charge on any atom is -0.397 e. The Hall–Kier alpha value is -1.54. The predicted octanol–water partition coefficient (Wildman–Crippen LogP) is 1.55. The maximum Gasteiger partial charge on any atom is 0.152 e. The number of imidazole rings is 1. The maximum atomic E-state index is 8.74. The quantitative estimate of drug-likeness (QED) is 0.755. The minimum absolute atomic E-state index is 0.475. The van der Waals surface area contributed by atoms with Gasteiger partial charge in [0.2, 0.25) is 0 Å². The van der Waals surface area contributed by atoms with Gasteiger partial charge >= 0.3 is 0 Å². The fraction of sp³-hybridized carbons (Fsp3) is 0. The van der Waals surface area contributed by atoms with Gasteiger partial charge in [-0.15, -0.1) is 0 Å². The molecule has 0 unspecified atom stereocenters. The van der Waals surface area contributed by atoms with Gasteiger partial charge in [-0.05, 0) is 22.0 Å². The van der Waals surface area contributed by atoms with Crippen LogP contribution in [0.3, 0.4) is 0 Å². The number of rotatable bonds is 0. The first-order chi connectivity index (χ1) is 6.22. The van der Waals surface area contributed by atoms with Crippen LogP contribution in [0.1, 0.15) is 5.69 Å². The second-order valence-electron chi connectivity index (χ2n) is 2.57. The number of aromatic nitrogens is 2. The zero-order chi connectivity index (χ0) is 9.42. The minimum atomic E-state index is 0.475. The Kier molecular flexibility index (Phi) is 1.71. The van der Waals surface area contributed by atoms with E-state index in [1.54, 1.807) is 16.7 Å². The molecule has 0 radical (unpaired) electrons. The number of nitrogens with zero attached hydrogens (tertiary/aromatic N) is 3. The van der Waals surface area contributed by atoms with Crippen molar-refractivity contribution in [2.75, 3.05) is 5.73 Å². The monoisotopic (exact) mass is 236 g/mol. The Morgan fingerprint density at radius 3 is 3.08 bits per heavy atom. The summed E-state index contributed by atoms with van der Waals surface area (Å²) in [5, 5.41) is 8.74. The highest BCUT2D eigenvalue weighted by atomic mass is 79.9. The number of anilines is 1. The van der Waals surface area contributed by atoms with Gasteiger partial charge in [0.15, 0.2) is 5.65 Å². The lowest BCUT2D eigenvalue weighted by Gasteiger charge is -1.99. The first kappa shape index (κ1) is 8.08. The Bertz CT molecular complexity index is 509. The van der Waals surface area contributed by atoms with Crippen molar-refractivity contribution >= 4 is 27.3 Å². The molecule has 0 fully saturated rings. The summed E-state index contributed by atoms with van der Waals surface area (Å²) in [6, 6.07) is 3.78. The molecule has 0 aliphatic heterocycles. The van der Waals surface area contributed by atoms with Crippen molar-refractivity contribution < 1.29 is 0 Å². The molecule has 0 saturated heterocycles. The Balaban J connectivity index is 2.92. The molecule has 0 saturated carbocycles. The molecule has 0 aromatic carbocycles. The number of hydrogen-bond acceptors (Lipinski definition) is 3. The average Bonchev–Trinajstić information content (AvgIpc) is 2.47. The van der Waals surface area contributed by atoms with Crippen LogP contribution in [0.4, 0.5) is 5.69 Å². The largest absolute Gasteiger partial charge is 0.397 e. The number of fused-ring (bicyclic) bond motifs is 1. The topological polar surface area (TPSA) is 67.1 Å². The van der Waals surface area contributed by atoms with E-state index in [0.29, 0.717) is 17.0 Å². The van der Waals surface area contributed by atoms with E-state index in [-0.39, 0.29) is 0 Å². The van der Waals surface area contributed by atoms with Crippen LogP contribution < -0.4 is 5.73 Å². The SMILES string of the molecule is N#Cc1cnc2c(Br)cc(N)cn12. The van der Waals surface area contributed by atoms with Crippen LogP contribution in [0.25, 0.3) is 5.65 Å². The highest BCUT2D eigenvalue weighted by Crippen LogP contribution is 2.20. The van der Waals surface area contributed by atoms with Crippen LogP contribution in [-0.4, -0.2) is 9.38 Å². The zero-order valence-electron chi connectivity index (χ0n) is 6.53. The number of nitrogens with two attached hydrogens (primary N) is 1. The molecule has 0 spiro atoms. The van der Waals surface area contributed by atoms with Crippen LogP contribution >= 0.6 is 15.9 Å². The summed E-state index contributed by atoms with van der Waals surface area (Å²) in [4.78, 5) is 4.07. The van der Waals surface area contributed by atoms with Crippen LogP contribution in [0, 0.1) is 11.3 Å². The fourth-order valence-corrected chi connectivity index (χ4v) is 1.71. The van der Waals surface area contributed by atoms with Crippen LogP contribution in [0.15, 0.2) is 22.9 Å². The summed E-state index contributed by atoms with van der Waals surface area (Å²) in [5.41, 5.74) is 7.39. The van der Waals surface area contributed by atoms with Crippen molar-refractivity contribution in [2.24, 2.45) is 0 Å². The van der Waals surface area contributed by atoms with Crippen molar-refractivity contribution in [1.29, 1.82) is 5.26 Å². The molecular formula is C8H5BrN4. The van der Waals surface area contributed by atoms with Gasteiger partial charge in [-0.25, -0.2) is 4.98 Å². The molecule has 2 rings (SSSR count). The molecule has 2 aromatic rings. The lowest BCUT2D eigenvalue weighted by Crippen LogP contribution is -1.93. The lowest BCUT2D eigenvalue weighted by molar-refractivity contribution is 1.15. The molecule has 0 amide bonds. The molecular weight excluding hydrogens is 232 g/mol. The lowest BCUT2D eigenvalue weighted by atomic mass is 10.4. The first-order valence-electron chi connectivity index (χ1n) is 3.54. The number of hydrogen-bond donors (Lipinski definition) is 1. The van der Waals surface area contributed by atoms with E-state index in [1.807, 2.05) is 6.07 Å². The van der Waals surface area contributed by atoms with Gasteiger partial charge in [-0.1, -0.05) is 0 Å². The van der Waals surface area contributed by atoms with E-state index >= 15 is 0 Å². The molecule has 2 aromatic heterocycles. The summed E-state index contributed by atoms with van der Waals surface area (Å²) in [6.45, 7) is 0. The highest BCUT2D eigenvalue weighted by Gasteiger charge is 2.05. The zero-order valence-corrected chi connectivity index (χ0v) is 8.12. The maximum absolute atomic E-state index is 8.74. The fourth-order valence-electron chi connectivity index (χ4n) is 1.15. The molecule has 13 heavy (non-hydrogen) atoms. The van der Waals surface area contributed by atoms with Gasteiger partial charge in [0.25, 0.3) is 0 Å². The van der Waals surface area contributed by atoms with E-state index in [2.05, 4.69) is 20.9 Å². The summed E-state index contributed by atoms with van der Waals surface area (Å²) < 4.78 is 2.44. The normalized spacial score (nSPS) is 10.2.